The van der Waals surface area contributed by atoms with Crippen molar-refractivity contribution in [3.63, 3.8) is 0 Å². The van der Waals surface area contributed by atoms with Gasteiger partial charge in [0.05, 0.1) is 13.0 Å². The molecular formula is C24H25BrO3. The fourth-order valence-electron chi connectivity index (χ4n) is 4.56. The summed E-state index contributed by atoms with van der Waals surface area (Å²) < 4.78 is 12.4. The van der Waals surface area contributed by atoms with Crippen molar-refractivity contribution >= 4 is 27.5 Å². The summed E-state index contributed by atoms with van der Waals surface area (Å²) in [4.78, 5) is 11.9. The van der Waals surface area contributed by atoms with Gasteiger partial charge in [-0.1, -0.05) is 59.1 Å². The Hall–Kier alpha value is -2.07. The molecule has 1 spiro atoms. The predicted octanol–water partition coefficient (Wildman–Crippen LogP) is 5.84. The zero-order valence-corrected chi connectivity index (χ0v) is 17.8. The predicted molar refractivity (Wildman–Crippen MR) is 115 cm³/mol. The third kappa shape index (κ3) is 3.75. The highest BCUT2D eigenvalue weighted by molar-refractivity contribution is 9.10. The minimum Gasteiger partial charge on any atom is -0.489 e. The minimum atomic E-state index is -0.224. The Kier molecular flexibility index (Phi) is 5.58. The Morgan fingerprint density at radius 3 is 2.71 bits per heavy atom. The third-order valence-electron chi connectivity index (χ3n) is 5.81. The van der Waals surface area contributed by atoms with Crippen LogP contribution in [0.1, 0.15) is 49.3 Å². The van der Waals surface area contributed by atoms with Crippen molar-refractivity contribution in [3.05, 3.63) is 69.7 Å². The summed E-state index contributed by atoms with van der Waals surface area (Å²) in [6, 6.07) is 14.3. The first-order chi connectivity index (χ1) is 13.6. The van der Waals surface area contributed by atoms with Crippen LogP contribution in [0.5, 0.6) is 5.75 Å². The van der Waals surface area contributed by atoms with Gasteiger partial charge in [0.1, 0.15) is 12.4 Å². The van der Waals surface area contributed by atoms with Gasteiger partial charge in [0.15, 0.2) is 0 Å². The standard InChI is InChI=1S/C24H25BrO3/c1-2-27-23(26)13-17-7-3-4-8-22(17)28-16-18-15-24(11-5-6-12-24)21-10-9-19(25)14-20(18)21/h3-4,7-10,14-15H,2,5-6,11-13,16H2,1H3. The molecule has 2 aliphatic carbocycles. The van der Waals surface area contributed by atoms with Gasteiger partial charge in [-0.3, -0.25) is 4.79 Å². The lowest BCUT2D eigenvalue weighted by atomic mass is 9.81. The molecule has 2 aliphatic rings. The number of ether oxygens (including phenoxy) is 2. The summed E-state index contributed by atoms with van der Waals surface area (Å²) in [6.45, 7) is 2.72. The minimum absolute atomic E-state index is 0.180. The number of hydrogen-bond donors (Lipinski definition) is 0. The van der Waals surface area contributed by atoms with E-state index in [4.69, 9.17) is 9.47 Å². The summed E-state index contributed by atoms with van der Waals surface area (Å²) >= 11 is 3.62. The zero-order chi connectivity index (χ0) is 19.6. The molecule has 0 bridgehead atoms. The van der Waals surface area contributed by atoms with Crippen molar-refractivity contribution in [1.82, 2.24) is 0 Å². The van der Waals surface area contributed by atoms with Gasteiger partial charge < -0.3 is 9.47 Å². The number of halogens is 1. The van der Waals surface area contributed by atoms with E-state index in [9.17, 15) is 4.79 Å². The molecule has 4 heteroatoms. The van der Waals surface area contributed by atoms with Crippen molar-refractivity contribution in [1.29, 1.82) is 0 Å². The maximum Gasteiger partial charge on any atom is 0.310 e. The fraction of sp³-hybridized carbons (Fsp3) is 0.375. The average molecular weight is 441 g/mol. The van der Waals surface area contributed by atoms with Crippen molar-refractivity contribution < 1.29 is 14.3 Å². The summed E-state index contributed by atoms with van der Waals surface area (Å²) in [5.41, 5.74) is 5.01. The van der Waals surface area contributed by atoms with Crippen LogP contribution in [0.2, 0.25) is 0 Å². The molecule has 146 valence electrons. The largest absolute Gasteiger partial charge is 0.489 e. The third-order valence-corrected chi connectivity index (χ3v) is 6.30. The molecule has 2 aromatic carbocycles. The molecule has 0 aliphatic heterocycles. The number of esters is 1. The van der Waals surface area contributed by atoms with Crippen LogP contribution in [0.4, 0.5) is 0 Å². The van der Waals surface area contributed by atoms with Crippen molar-refractivity contribution in [2.45, 2.75) is 44.4 Å². The average Bonchev–Trinajstić information content (AvgIpc) is 3.27. The van der Waals surface area contributed by atoms with Crippen LogP contribution in [-0.4, -0.2) is 19.2 Å². The van der Waals surface area contributed by atoms with Crippen LogP contribution in [0.25, 0.3) is 5.57 Å². The molecular weight excluding hydrogens is 416 g/mol. The van der Waals surface area contributed by atoms with Crippen molar-refractivity contribution in [2.24, 2.45) is 0 Å². The molecule has 0 heterocycles. The number of carbonyl (C=O) groups excluding carboxylic acids is 1. The highest BCUT2D eigenvalue weighted by Crippen LogP contribution is 2.51. The van der Waals surface area contributed by atoms with E-state index in [0.717, 1.165) is 15.8 Å². The summed E-state index contributed by atoms with van der Waals surface area (Å²) in [7, 11) is 0. The number of hydrogen-bond acceptors (Lipinski definition) is 3. The topological polar surface area (TPSA) is 35.5 Å². The van der Waals surface area contributed by atoms with Gasteiger partial charge in [0.25, 0.3) is 0 Å². The quantitative estimate of drug-likeness (QED) is 0.528. The number of carbonyl (C=O) groups is 1. The van der Waals surface area contributed by atoms with E-state index in [1.54, 1.807) is 0 Å². The molecule has 0 atom stereocenters. The SMILES string of the molecule is CCOC(=O)Cc1ccccc1OCC1=CC2(CCCC2)c2ccc(Br)cc21. The Balaban J connectivity index is 1.56. The Morgan fingerprint density at radius 1 is 1.14 bits per heavy atom. The second-order valence-corrected chi connectivity index (χ2v) is 8.52. The molecule has 0 radical (unpaired) electrons. The van der Waals surface area contributed by atoms with E-state index < -0.39 is 0 Å². The fourth-order valence-corrected chi connectivity index (χ4v) is 4.92. The second-order valence-electron chi connectivity index (χ2n) is 7.60. The van der Waals surface area contributed by atoms with E-state index in [1.807, 2.05) is 31.2 Å². The van der Waals surface area contributed by atoms with Crippen LogP contribution in [0, 0.1) is 0 Å². The normalized spacial score (nSPS) is 16.7. The molecule has 1 fully saturated rings. The number of allylic oxidation sites excluding steroid dienone is 1. The Morgan fingerprint density at radius 2 is 1.93 bits per heavy atom. The summed E-state index contributed by atoms with van der Waals surface area (Å²) in [6.07, 6.45) is 7.65. The molecule has 0 N–H and O–H groups in total. The van der Waals surface area contributed by atoms with Gasteiger partial charge >= 0.3 is 5.97 Å². The van der Waals surface area contributed by atoms with E-state index in [2.05, 4.69) is 40.2 Å². The molecule has 2 aromatic rings. The maximum atomic E-state index is 11.9. The lowest BCUT2D eigenvalue weighted by Crippen LogP contribution is -2.16. The Bertz CT molecular complexity index is 910. The van der Waals surface area contributed by atoms with E-state index in [1.165, 1.54) is 42.4 Å². The molecule has 4 rings (SSSR count). The highest BCUT2D eigenvalue weighted by Gasteiger charge is 2.40. The lowest BCUT2D eigenvalue weighted by molar-refractivity contribution is -0.142. The van der Waals surface area contributed by atoms with Crippen LogP contribution in [-0.2, 0) is 21.4 Å². The van der Waals surface area contributed by atoms with Gasteiger partial charge in [-0.15, -0.1) is 0 Å². The van der Waals surface area contributed by atoms with E-state index >= 15 is 0 Å². The van der Waals surface area contributed by atoms with E-state index in [0.29, 0.717) is 13.2 Å². The van der Waals surface area contributed by atoms with Crippen LogP contribution < -0.4 is 4.74 Å². The van der Waals surface area contributed by atoms with Gasteiger partial charge in [0.2, 0.25) is 0 Å². The molecule has 1 saturated carbocycles. The smallest absolute Gasteiger partial charge is 0.310 e. The monoisotopic (exact) mass is 440 g/mol. The van der Waals surface area contributed by atoms with E-state index in [-0.39, 0.29) is 17.8 Å². The first kappa shape index (κ1) is 19.3. The molecule has 3 nitrogen and oxygen atoms in total. The molecule has 0 aromatic heterocycles. The maximum absolute atomic E-state index is 11.9. The van der Waals surface area contributed by atoms with Crippen LogP contribution in [0.15, 0.2) is 53.0 Å². The van der Waals surface area contributed by atoms with Gasteiger partial charge in [0, 0.05) is 15.5 Å². The number of benzene rings is 2. The zero-order valence-electron chi connectivity index (χ0n) is 16.2. The van der Waals surface area contributed by atoms with Gasteiger partial charge in [-0.05, 0) is 54.7 Å². The molecule has 0 saturated heterocycles. The molecule has 28 heavy (non-hydrogen) atoms. The van der Waals surface area contributed by atoms with Crippen molar-refractivity contribution in [3.8, 4) is 5.75 Å². The molecule has 0 unspecified atom stereocenters. The van der Waals surface area contributed by atoms with Gasteiger partial charge in [-0.2, -0.15) is 0 Å². The van der Waals surface area contributed by atoms with Crippen LogP contribution >= 0.6 is 15.9 Å². The Labute approximate surface area is 174 Å². The number of rotatable bonds is 6. The second kappa shape index (κ2) is 8.12. The number of fused-ring (bicyclic) bond motifs is 2. The highest BCUT2D eigenvalue weighted by atomic mass is 79.9. The van der Waals surface area contributed by atoms with Gasteiger partial charge in [-0.25, -0.2) is 0 Å². The lowest BCUT2D eigenvalue weighted by Gasteiger charge is -2.22. The van der Waals surface area contributed by atoms with Crippen LogP contribution in [0.3, 0.4) is 0 Å². The first-order valence-corrected chi connectivity index (χ1v) is 10.8. The molecule has 0 amide bonds. The number of para-hydroxylation sites is 1. The summed E-state index contributed by atoms with van der Waals surface area (Å²) in [5.74, 6) is 0.526. The first-order valence-electron chi connectivity index (χ1n) is 10.00. The van der Waals surface area contributed by atoms with Crippen molar-refractivity contribution in [2.75, 3.05) is 13.2 Å². The summed E-state index contributed by atoms with van der Waals surface area (Å²) in [5, 5.41) is 0.